The van der Waals surface area contributed by atoms with Crippen LogP contribution in [-0.2, 0) is 22.4 Å². The normalized spacial score (nSPS) is 12.0. The van der Waals surface area contributed by atoms with E-state index in [-0.39, 0.29) is 12.3 Å². The van der Waals surface area contributed by atoms with Crippen molar-refractivity contribution in [1.82, 2.24) is 4.98 Å². The lowest BCUT2D eigenvalue weighted by Gasteiger charge is -2.24. The fraction of sp³-hybridized carbons (Fsp3) is 0.345. The molecule has 1 unspecified atom stereocenters. The van der Waals surface area contributed by atoms with E-state index >= 15 is 0 Å². The highest BCUT2D eigenvalue weighted by atomic mass is 79.9. The van der Waals surface area contributed by atoms with E-state index < -0.39 is 17.7 Å². The molecule has 0 saturated carbocycles. The molecule has 3 aromatic rings. The third-order valence-corrected chi connectivity index (χ3v) is 6.13. The zero-order valence-corrected chi connectivity index (χ0v) is 23.2. The minimum Gasteiger partial charge on any atom is -0.493 e. The Bertz CT molecular complexity index is 1190. The van der Waals surface area contributed by atoms with Crippen molar-refractivity contribution in [2.75, 3.05) is 18.6 Å². The number of carbonyl (C=O) groups is 2. The van der Waals surface area contributed by atoms with Gasteiger partial charge in [0.25, 0.3) is 0 Å². The molecule has 1 atom stereocenters. The Morgan fingerprint density at radius 2 is 1.70 bits per heavy atom. The Hall–Kier alpha value is -3.39. The molecule has 1 heterocycles. The maximum atomic E-state index is 12.3. The number of rotatable bonds is 10. The lowest BCUT2D eigenvalue weighted by Crippen LogP contribution is -2.34. The predicted molar refractivity (Wildman–Crippen MR) is 147 cm³/mol. The van der Waals surface area contributed by atoms with Gasteiger partial charge in [0.15, 0.2) is 0 Å². The van der Waals surface area contributed by atoms with Crippen LogP contribution in [-0.4, -0.2) is 41.4 Å². The molecule has 0 bridgehead atoms. The minimum atomic E-state index is -0.817. The van der Waals surface area contributed by atoms with Gasteiger partial charge >= 0.3 is 12.1 Å². The summed E-state index contributed by atoms with van der Waals surface area (Å²) in [7, 11) is 1.63. The summed E-state index contributed by atoms with van der Waals surface area (Å²) in [5.74, 6) is 0.305. The number of benzene rings is 2. The fourth-order valence-corrected chi connectivity index (χ4v) is 4.01. The number of hydrogen-bond acceptors (Lipinski definition) is 5. The van der Waals surface area contributed by atoms with Crippen LogP contribution in [0.5, 0.6) is 5.75 Å². The Kier molecular flexibility index (Phi) is 9.69. The standard InChI is InChI=1S/C29H33BrN2O5/c1-29(2,3)37-28(35)32(4)26-7-5-6-24(31-26)16-17-36-25-14-8-20(9-15-25)18-22(19-27(33)34)21-10-12-23(30)13-11-21/h5-15,22H,16-19H2,1-4H3,(H,33,34). The maximum Gasteiger partial charge on any atom is 0.415 e. The quantitative estimate of drug-likeness (QED) is 0.295. The van der Waals surface area contributed by atoms with Gasteiger partial charge in [-0.2, -0.15) is 0 Å². The van der Waals surface area contributed by atoms with E-state index in [4.69, 9.17) is 9.47 Å². The summed E-state index contributed by atoms with van der Waals surface area (Å²) < 4.78 is 12.3. The van der Waals surface area contributed by atoms with Gasteiger partial charge in [0, 0.05) is 23.6 Å². The Morgan fingerprint density at radius 1 is 1.03 bits per heavy atom. The van der Waals surface area contributed by atoms with Crippen molar-refractivity contribution in [2.45, 2.75) is 51.6 Å². The lowest BCUT2D eigenvalue weighted by molar-refractivity contribution is -0.137. The summed E-state index contributed by atoms with van der Waals surface area (Å²) in [5, 5.41) is 9.37. The SMILES string of the molecule is CN(C(=O)OC(C)(C)C)c1cccc(CCOc2ccc(CC(CC(=O)O)c3ccc(Br)cc3)cc2)n1. The second-order valence-corrected chi connectivity index (χ2v) is 10.7. The van der Waals surface area contributed by atoms with Gasteiger partial charge < -0.3 is 14.6 Å². The predicted octanol–water partition coefficient (Wildman–Crippen LogP) is 6.64. The number of aromatic nitrogens is 1. The van der Waals surface area contributed by atoms with Gasteiger partial charge in [-0.3, -0.25) is 9.69 Å². The summed E-state index contributed by atoms with van der Waals surface area (Å²) >= 11 is 3.43. The molecule has 2 aromatic carbocycles. The number of nitrogens with zero attached hydrogens (tertiary/aromatic N) is 2. The van der Waals surface area contributed by atoms with Crippen molar-refractivity contribution in [2.24, 2.45) is 0 Å². The third kappa shape index (κ3) is 9.21. The van der Waals surface area contributed by atoms with Crippen LogP contribution in [0.25, 0.3) is 0 Å². The number of hydrogen-bond donors (Lipinski definition) is 1. The van der Waals surface area contributed by atoms with E-state index in [1.807, 2.05) is 81.4 Å². The van der Waals surface area contributed by atoms with E-state index in [2.05, 4.69) is 20.9 Å². The van der Waals surface area contributed by atoms with Crippen molar-refractivity contribution in [3.8, 4) is 5.75 Å². The molecule has 1 amide bonds. The molecule has 0 radical (unpaired) electrons. The van der Waals surface area contributed by atoms with Crippen LogP contribution < -0.4 is 9.64 Å². The second-order valence-electron chi connectivity index (χ2n) is 9.82. The average Bonchev–Trinajstić information content (AvgIpc) is 2.83. The van der Waals surface area contributed by atoms with Crippen molar-refractivity contribution < 1.29 is 24.2 Å². The first-order valence-corrected chi connectivity index (χ1v) is 12.9. The smallest absolute Gasteiger partial charge is 0.415 e. The fourth-order valence-electron chi connectivity index (χ4n) is 3.75. The van der Waals surface area contributed by atoms with Gasteiger partial charge in [-0.05, 0) is 80.6 Å². The van der Waals surface area contributed by atoms with Gasteiger partial charge in [0.1, 0.15) is 17.2 Å². The first-order valence-electron chi connectivity index (χ1n) is 12.1. The molecule has 0 saturated heterocycles. The zero-order chi connectivity index (χ0) is 27.0. The van der Waals surface area contributed by atoms with Crippen molar-refractivity contribution in [3.05, 3.63) is 88.0 Å². The number of carboxylic acid groups (broad SMARTS) is 1. The van der Waals surface area contributed by atoms with Crippen LogP contribution >= 0.6 is 15.9 Å². The topological polar surface area (TPSA) is 89.0 Å². The Morgan fingerprint density at radius 3 is 2.32 bits per heavy atom. The Balaban J connectivity index is 1.55. The molecule has 37 heavy (non-hydrogen) atoms. The van der Waals surface area contributed by atoms with E-state index in [0.717, 1.165) is 27.0 Å². The van der Waals surface area contributed by atoms with Crippen LogP contribution in [0.2, 0.25) is 0 Å². The van der Waals surface area contributed by atoms with Gasteiger partial charge in [0.2, 0.25) is 0 Å². The number of carbonyl (C=O) groups excluding carboxylic acids is 1. The number of ether oxygens (including phenoxy) is 2. The monoisotopic (exact) mass is 568 g/mol. The van der Waals surface area contributed by atoms with Gasteiger partial charge in [-0.15, -0.1) is 0 Å². The van der Waals surface area contributed by atoms with Crippen molar-refractivity contribution >= 4 is 33.8 Å². The molecule has 0 aliphatic rings. The van der Waals surface area contributed by atoms with Crippen LogP contribution in [0.4, 0.5) is 10.6 Å². The number of aliphatic carboxylic acids is 1. The molecule has 8 heteroatoms. The largest absolute Gasteiger partial charge is 0.493 e. The highest BCUT2D eigenvalue weighted by Crippen LogP contribution is 2.27. The molecule has 196 valence electrons. The van der Waals surface area contributed by atoms with Gasteiger partial charge in [-0.1, -0.05) is 46.3 Å². The van der Waals surface area contributed by atoms with E-state index in [1.54, 1.807) is 13.1 Å². The van der Waals surface area contributed by atoms with E-state index in [1.165, 1.54) is 4.90 Å². The lowest BCUT2D eigenvalue weighted by atomic mass is 9.89. The van der Waals surface area contributed by atoms with Gasteiger partial charge in [-0.25, -0.2) is 9.78 Å². The molecule has 3 rings (SSSR count). The molecule has 1 N–H and O–H groups in total. The number of pyridine rings is 1. The highest BCUT2D eigenvalue weighted by molar-refractivity contribution is 9.10. The summed E-state index contributed by atoms with van der Waals surface area (Å²) in [4.78, 5) is 29.7. The first-order chi connectivity index (χ1) is 17.5. The highest BCUT2D eigenvalue weighted by Gasteiger charge is 2.21. The van der Waals surface area contributed by atoms with Crippen LogP contribution in [0.3, 0.4) is 0 Å². The number of anilines is 1. The van der Waals surface area contributed by atoms with Gasteiger partial charge in [0.05, 0.1) is 13.0 Å². The van der Waals surface area contributed by atoms with Crippen LogP contribution in [0.1, 0.15) is 49.9 Å². The van der Waals surface area contributed by atoms with Crippen molar-refractivity contribution in [1.29, 1.82) is 0 Å². The summed E-state index contributed by atoms with van der Waals surface area (Å²) in [6.07, 6.45) is 0.798. The summed E-state index contributed by atoms with van der Waals surface area (Å²) in [6.45, 7) is 5.89. The molecule has 0 aliphatic heterocycles. The zero-order valence-electron chi connectivity index (χ0n) is 21.6. The number of carboxylic acids is 1. The molecular formula is C29H33BrN2O5. The second kappa shape index (κ2) is 12.7. The van der Waals surface area contributed by atoms with Crippen LogP contribution in [0.15, 0.2) is 71.2 Å². The van der Waals surface area contributed by atoms with Crippen LogP contribution in [0, 0.1) is 0 Å². The first kappa shape index (κ1) is 28.2. The third-order valence-electron chi connectivity index (χ3n) is 5.60. The Labute approximate surface area is 226 Å². The molecule has 0 fully saturated rings. The summed E-state index contributed by atoms with van der Waals surface area (Å²) in [5.41, 5.74) is 2.26. The maximum absolute atomic E-state index is 12.3. The van der Waals surface area contributed by atoms with Crippen molar-refractivity contribution in [3.63, 3.8) is 0 Å². The molecule has 0 spiro atoms. The summed E-state index contributed by atoms with van der Waals surface area (Å²) in [6, 6.07) is 21.0. The van der Waals surface area contributed by atoms with E-state index in [0.29, 0.717) is 25.3 Å². The molecule has 0 aliphatic carbocycles. The molecule has 1 aromatic heterocycles. The minimum absolute atomic E-state index is 0.0645. The molecular weight excluding hydrogens is 536 g/mol. The average molecular weight is 569 g/mol. The number of amides is 1. The number of halogens is 1. The van der Waals surface area contributed by atoms with E-state index in [9.17, 15) is 14.7 Å². The molecule has 7 nitrogen and oxygen atoms in total.